The van der Waals surface area contributed by atoms with Crippen LogP contribution in [0.4, 0.5) is 5.69 Å². The number of ether oxygens (including phenoxy) is 1. The quantitative estimate of drug-likeness (QED) is 0.288. The molecule has 0 aliphatic heterocycles. The van der Waals surface area contributed by atoms with Gasteiger partial charge in [-0.15, -0.1) is 0 Å². The van der Waals surface area contributed by atoms with Gasteiger partial charge >= 0.3 is 5.69 Å². The zero-order chi connectivity index (χ0) is 21.1. The van der Waals surface area contributed by atoms with Gasteiger partial charge in [0, 0.05) is 17.2 Å². The highest BCUT2D eigenvalue weighted by atomic mass is 16.6. The average Bonchev–Trinajstić information content (AvgIpc) is 2.78. The molecule has 0 N–H and O–H groups in total. The molecule has 8 nitrogen and oxygen atoms in total. The van der Waals surface area contributed by atoms with Crippen LogP contribution in [0.5, 0.6) is 5.75 Å². The number of aromatic nitrogens is 2. The molecule has 4 rings (SSSR count). The van der Waals surface area contributed by atoms with Crippen molar-refractivity contribution in [2.75, 3.05) is 7.11 Å². The molecule has 4 aromatic rings. The van der Waals surface area contributed by atoms with Crippen molar-refractivity contribution in [3.05, 3.63) is 98.8 Å². The molecule has 0 unspecified atom stereocenters. The topological polar surface area (TPSA) is 99.6 Å². The Hall–Kier alpha value is -4.33. The van der Waals surface area contributed by atoms with E-state index in [4.69, 9.17) is 4.74 Å². The zero-order valence-electron chi connectivity index (χ0n) is 15.9. The lowest BCUT2D eigenvalue weighted by Crippen LogP contribution is -2.20. The Morgan fingerprint density at radius 1 is 1.07 bits per heavy atom. The number of nitro groups is 1. The summed E-state index contributed by atoms with van der Waals surface area (Å²) in [5.74, 6) is 0.519. The smallest absolute Gasteiger partial charge is 0.311 e. The highest BCUT2D eigenvalue weighted by molar-refractivity contribution is 5.83. The maximum atomic E-state index is 13.1. The molecule has 0 bridgehead atoms. The van der Waals surface area contributed by atoms with Crippen molar-refractivity contribution < 1.29 is 9.66 Å². The van der Waals surface area contributed by atoms with Gasteiger partial charge in [0.2, 0.25) is 0 Å². The minimum Gasteiger partial charge on any atom is -0.490 e. The second-order valence-corrected chi connectivity index (χ2v) is 6.37. The molecule has 0 aliphatic rings. The average molecular weight is 400 g/mol. The standard InChI is InChI=1S/C22H16N4O4/c1-30-20-12-11-15(13-19(20)26(28)29)14-23-25-21(16-7-3-2-4-8-16)24-18-10-6-5-9-17(18)22(25)27/h2-14H,1H3. The van der Waals surface area contributed by atoms with Crippen molar-refractivity contribution in [3.63, 3.8) is 0 Å². The van der Waals surface area contributed by atoms with E-state index < -0.39 is 4.92 Å². The summed E-state index contributed by atoms with van der Waals surface area (Å²) in [7, 11) is 1.36. The normalized spacial score (nSPS) is 11.1. The van der Waals surface area contributed by atoms with Crippen LogP contribution in [0.1, 0.15) is 5.56 Å². The van der Waals surface area contributed by atoms with E-state index in [0.29, 0.717) is 22.3 Å². The third-order valence-electron chi connectivity index (χ3n) is 4.51. The Balaban J connectivity index is 1.88. The van der Waals surface area contributed by atoms with Gasteiger partial charge in [-0.2, -0.15) is 9.78 Å². The summed E-state index contributed by atoms with van der Waals surface area (Å²) in [6.07, 6.45) is 1.39. The molecule has 0 saturated carbocycles. The molecule has 0 fully saturated rings. The lowest BCUT2D eigenvalue weighted by atomic mass is 10.2. The van der Waals surface area contributed by atoms with Crippen LogP contribution in [-0.2, 0) is 0 Å². The third kappa shape index (κ3) is 3.53. The van der Waals surface area contributed by atoms with Crippen LogP contribution in [0.3, 0.4) is 0 Å². The molecule has 30 heavy (non-hydrogen) atoms. The van der Waals surface area contributed by atoms with Crippen molar-refractivity contribution in [1.29, 1.82) is 0 Å². The first-order chi connectivity index (χ1) is 14.6. The number of rotatable bonds is 5. The molecule has 0 amide bonds. The molecule has 3 aromatic carbocycles. The van der Waals surface area contributed by atoms with Crippen LogP contribution in [-0.4, -0.2) is 27.9 Å². The number of nitrogens with zero attached hydrogens (tertiary/aromatic N) is 4. The lowest BCUT2D eigenvalue weighted by Gasteiger charge is -2.09. The van der Waals surface area contributed by atoms with Crippen molar-refractivity contribution in [2.24, 2.45) is 5.10 Å². The predicted molar refractivity (Wildman–Crippen MR) is 114 cm³/mol. The second-order valence-electron chi connectivity index (χ2n) is 6.37. The third-order valence-corrected chi connectivity index (χ3v) is 4.51. The second kappa shape index (κ2) is 7.96. The van der Waals surface area contributed by atoms with Gasteiger partial charge in [0.25, 0.3) is 5.56 Å². The number of para-hydroxylation sites is 1. The molecule has 1 aromatic heterocycles. The first-order valence-corrected chi connectivity index (χ1v) is 9.02. The van der Waals surface area contributed by atoms with Crippen LogP contribution in [0.2, 0.25) is 0 Å². The van der Waals surface area contributed by atoms with Gasteiger partial charge < -0.3 is 4.74 Å². The zero-order valence-corrected chi connectivity index (χ0v) is 15.9. The SMILES string of the molecule is COc1ccc(C=Nn2c(-c3ccccc3)nc3ccccc3c2=O)cc1[N+](=O)[O-]. The van der Waals surface area contributed by atoms with Crippen molar-refractivity contribution in [2.45, 2.75) is 0 Å². The van der Waals surface area contributed by atoms with E-state index in [1.165, 1.54) is 30.1 Å². The molecular formula is C22H16N4O4. The van der Waals surface area contributed by atoms with Gasteiger partial charge in [-0.05, 0) is 24.3 Å². The fourth-order valence-corrected chi connectivity index (χ4v) is 3.06. The van der Waals surface area contributed by atoms with E-state index in [1.54, 1.807) is 24.3 Å². The van der Waals surface area contributed by atoms with Crippen molar-refractivity contribution in [3.8, 4) is 17.1 Å². The molecule has 0 aliphatic carbocycles. The van der Waals surface area contributed by atoms with E-state index >= 15 is 0 Å². The number of nitro benzene ring substituents is 1. The maximum absolute atomic E-state index is 13.1. The van der Waals surface area contributed by atoms with Gasteiger partial charge in [0.05, 0.1) is 29.2 Å². The Morgan fingerprint density at radius 2 is 1.80 bits per heavy atom. The summed E-state index contributed by atoms with van der Waals surface area (Å²) in [4.78, 5) is 28.4. The van der Waals surface area contributed by atoms with Gasteiger partial charge in [0.15, 0.2) is 11.6 Å². The highest BCUT2D eigenvalue weighted by Gasteiger charge is 2.15. The fourth-order valence-electron chi connectivity index (χ4n) is 3.06. The minimum atomic E-state index is -0.532. The summed E-state index contributed by atoms with van der Waals surface area (Å²) >= 11 is 0. The van der Waals surface area contributed by atoms with E-state index in [0.717, 1.165) is 5.56 Å². The molecular weight excluding hydrogens is 384 g/mol. The number of fused-ring (bicyclic) bond motifs is 1. The van der Waals surface area contributed by atoms with Crippen molar-refractivity contribution in [1.82, 2.24) is 9.66 Å². The summed E-state index contributed by atoms with van der Waals surface area (Å²) in [5.41, 5.74) is 1.21. The number of hydrogen-bond acceptors (Lipinski definition) is 6. The molecule has 0 spiro atoms. The van der Waals surface area contributed by atoms with E-state index in [1.807, 2.05) is 36.4 Å². The maximum Gasteiger partial charge on any atom is 0.311 e. The predicted octanol–water partition coefficient (Wildman–Crippen LogP) is 3.86. The lowest BCUT2D eigenvalue weighted by molar-refractivity contribution is -0.385. The summed E-state index contributed by atoms with van der Waals surface area (Å²) in [6.45, 7) is 0. The van der Waals surface area contributed by atoms with Crippen LogP contribution in [0.25, 0.3) is 22.3 Å². The van der Waals surface area contributed by atoms with Crippen LogP contribution >= 0.6 is 0 Å². The number of benzene rings is 3. The Morgan fingerprint density at radius 3 is 2.53 bits per heavy atom. The van der Waals surface area contributed by atoms with E-state index in [9.17, 15) is 14.9 Å². The fraction of sp³-hybridized carbons (Fsp3) is 0.0455. The summed E-state index contributed by atoms with van der Waals surface area (Å²) < 4.78 is 6.22. The van der Waals surface area contributed by atoms with Gasteiger partial charge in [0.1, 0.15) is 0 Å². The Bertz CT molecular complexity index is 1330. The van der Waals surface area contributed by atoms with Crippen LogP contribution < -0.4 is 10.3 Å². The first-order valence-electron chi connectivity index (χ1n) is 9.02. The highest BCUT2D eigenvalue weighted by Crippen LogP contribution is 2.27. The molecule has 148 valence electrons. The number of methoxy groups -OCH3 is 1. The minimum absolute atomic E-state index is 0.145. The molecule has 0 saturated heterocycles. The Labute approximate surface area is 170 Å². The molecule has 1 heterocycles. The van der Waals surface area contributed by atoms with Gasteiger partial charge in [-0.25, -0.2) is 4.98 Å². The van der Waals surface area contributed by atoms with Crippen molar-refractivity contribution >= 4 is 22.8 Å². The molecule has 0 atom stereocenters. The molecule has 8 heteroatoms. The first kappa shape index (κ1) is 19.0. The van der Waals surface area contributed by atoms with Crippen LogP contribution in [0.15, 0.2) is 82.7 Å². The Kier molecular flexibility index (Phi) is 5.04. The van der Waals surface area contributed by atoms with Gasteiger partial charge in [-0.3, -0.25) is 14.9 Å². The van der Waals surface area contributed by atoms with E-state index in [2.05, 4.69) is 10.1 Å². The number of hydrogen-bond donors (Lipinski definition) is 0. The monoisotopic (exact) mass is 400 g/mol. The van der Waals surface area contributed by atoms with E-state index in [-0.39, 0.29) is 17.0 Å². The molecule has 0 radical (unpaired) electrons. The summed E-state index contributed by atoms with van der Waals surface area (Å²) in [5, 5.41) is 16.0. The van der Waals surface area contributed by atoms with Crippen LogP contribution in [0, 0.1) is 10.1 Å². The largest absolute Gasteiger partial charge is 0.490 e. The summed E-state index contributed by atoms with van der Waals surface area (Å²) in [6, 6.07) is 20.7. The van der Waals surface area contributed by atoms with Gasteiger partial charge in [-0.1, -0.05) is 42.5 Å².